The van der Waals surface area contributed by atoms with Gasteiger partial charge in [0, 0.05) is 22.5 Å². The number of methoxy groups -OCH3 is 1. The zero-order valence-corrected chi connectivity index (χ0v) is 19.7. The molecule has 156 valence electrons. The van der Waals surface area contributed by atoms with Gasteiger partial charge in [-0.15, -0.1) is 0 Å². The van der Waals surface area contributed by atoms with E-state index in [1.807, 2.05) is 17.0 Å². The molecule has 2 bridgehead atoms. The molecule has 1 aromatic rings. The number of ether oxygens (including phenoxy) is 1. The topological polar surface area (TPSA) is 46.6 Å². The Hall–Kier alpha value is -1.33. The van der Waals surface area contributed by atoms with Crippen molar-refractivity contribution in [3.63, 3.8) is 0 Å². The van der Waals surface area contributed by atoms with Crippen LogP contribution in [0.2, 0.25) is 5.02 Å². The summed E-state index contributed by atoms with van der Waals surface area (Å²) in [4.78, 5) is 27.3. The molecule has 3 aliphatic carbocycles. The lowest BCUT2D eigenvalue weighted by Gasteiger charge is -2.71. The molecule has 0 saturated heterocycles. The average Bonchev–Trinajstić information content (AvgIpc) is 2.62. The summed E-state index contributed by atoms with van der Waals surface area (Å²) in [5.74, 6) is 0.320. The zero-order chi connectivity index (χ0) is 21.2. The summed E-state index contributed by atoms with van der Waals surface area (Å²) in [6.07, 6.45) is 5.63. The number of benzene rings is 1. The van der Waals surface area contributed by atoms with Gasteiger partial charge >= 0.3 is 5.97 Å². The van der Waals surface area contributed by atoms with E-state index < -0.39 is 5.41 Å². The molecule has 4 nitrogen and oxygen atoms in total. The second-order valence-corrected chi connectivity index (χ2v) is 10.6. The molecule has 0 radical (unpaired) electrons. The van der Waals surface area contributed by atoms with Crippen molar-refractivity contribution in [1.82, 2.24) is 4.90 Å². The van der Waals surface area contributed by atoms with Crippen LogP contribution in [0.1, 0.15) is 58.4 Å². The van der Waals surface area contributed by atoms with Crippen LogP contribution < -0.4 is 0 Å². The Labute approximate surface area is 185 Å². The normalized spacial score (nSPS) is 34.1. The molecule has 1 amide bonds. The van der Waals surface area contributed by atoms with Crippen LogP contribution >= 0.6 is 27.5 Å². The van der Waals surface area contributed by atoms with Crippen molar-refractivity contribution < 1.29 is 14.3 Å². The summed E-state index contributed by atoms with van der Waals surface area (Å²) in [6, 6.07) is 5.98. The Morgan fingerprint density at radius 1 is 1.34 bits per heavy atom. The first-order valence-corrected chi connectivity index (χ1v) is 11.4. The largest absolute Gasteiger partial charge is 0.469 e. The molecule has 3 saturated carbocycles. The lowest BCUT2D eigenvalue weighted by Crippen LogP contribution is -2.77. The van der Waals surface area contributed by atoms with E-state index in [1.54, 1.807) is 0 Å². The first-order valence-electron chi connectivity index (χ1n) is 10.2. The molecule has 0 aromatic heterocycles. The average molecular weight is 481 g/mol. The first kappa shape index (κ1) is 20.9. The van der Waals surface area contributed by atoms with E-state index in [-0.39, 0.29) is 22.8 Å². The van der Waals surface area contributed by atoms with Gasteiger partial charge in [0.1, 0.15) is 0 Å². The van der Waals surface area contributed by atoms with Gasteiger partial charge in [0.2, 0.25) is 5.91 Å². The van der Waals surface area contributed by atoms with Crippen molar-refractivity contribution in [1.29, 1.82) is 0 Å². The van der Waals surface area contributed by atoms with Gasteiger partial charge in [0.15, 0.2) is 0 Å². The molecule has 29 heavy (non-hydrogen) atoms. The number of rotatable bonds is 5. The molecule has 1 aliphatic heterocycles. The van der Waals surface area contributed by atoms with E-state index in [0.29, 0.717) is 36.6 Å². The van der Waals surface area contributed by atoms with Gasteiger partial charge in [0.25, 0.3) is 0 Å². The number of carbonyl (C=O) groups is 2. The maximum Gasteiger partial charge on any atom is 0.312 e. The number of amides is 1. The predicted octanol–water partition coefficient (Wildman–Crippen LogP) is 5.62. The number of halogens is 2. The second kappa shape index (κ2) is 6.84. The van der Waals surface area contributed by atoms with Crippen LogP contribution in [-0.4, -0.2) is 29.4 Å². The molecule has 1 heterocycles. The van der Waals surface area contributed by atoms with Crippen molar-refractivity contribution >= 4 is 39.4 Å². The van der Waals surface area contributed by atoms with Crippen LogP contribution in [0.15, 0.2) is 34.4 Å². The Morgan fingerprint density at radius 3 is 2.55 bits per heavy atom. The third-order valence-electron chi connectivity index (χ3n) is 7.51. The summed E-state index contributed by atoms with van der Waals surface area (Å²) >= 11 is 9.85. The van der Waals surface area contributed by atoms with Crippen molar-refractivity contribution in [2.75, 3.05) is 7.11 Å². The molecule has 3 fully saturated rings. The predicted molar refractivity (Wildman–Crippen MR) is 117 cm³/mol. The second-order valence-electron chi connectivity index (χ2n) is 9.32. The molecular weight excluding hydrogens is 454 g/mol. The first-order chi connectivity index (χ1) is 13.6. The molecule has 0 unspecified atom stereocenters. The fourth-order valence-electron chi connectivity index (χ4n) is 5.67. The maximum absolute atomic E-state index is 13.3. The number of hydrogen-bond acceptors (Lipinski definition) is 3. The highest BCUT2D eigenvalue weighted by Crippen LogP contribution is 2.71. The third kappa shape index (κ3) is 2.91. The van der Waals surface area contributed by atoms with Gasteiger partial charge < -0.3 is 9.64 Å². The molecule has 4 aliphatic rings. The van der Waals surface area contributed by atoms with Crippen molar-refractivity contribution in [2.24, 2.45) is 11.3 Å². The van der Waals surface area contributed by atoms with E-state index in [0.717, 1.165) is 16.5 Å². The summed E-state index contributed by atoms with van der Waals surface area (Å²) in [5, 5.41) is 0.654. The SMILES string of the molecule is CC[C@H](C)C1=CN(C23CC(C(=O)OC)(C2)C3)C(=O)C[C@@]1(C)c1ccc(Br)c(Cl)c1. The minimum absolute atomic E-state index is 0.122. The quantitative estimate of drug-likeness (QED) is 0.514. The summed E-state index contributed by atoms with van der Waals surface area (Å²) in [7, 11) is 1.44. The zero-order valence-electron chi connectivity index (χ0n) is 17.4. The van der Waals surface area contributed by atoms with Crippen molar-refractivity contribution in [3.05, 3.63) is 45.0 Å². The molecular formula is C23H27BrClNO3. The van der Waals surface area contributed by atoms with Crippen LogP contribution in [0.5, 0.6) is 0 Å². The maximum atomic E-state index is 13.3. The van der Waals surface area contributed by atoms with Crippen LogP contribution in [0.3, 0.4) is 0 Å². The number of carbonyl (C=O) groups excluding carboxylic acids is 2. The number of nitrogens with zero attached hydrogens (tertiary/aromatic N) is 1. The van der Waals surface area contributed by atoms with Gasteiger partial charge in [-0.1, -0.05) is 38.4 Å². The standard InChI is InChI=1S/C23H27BrClNO3/c1-5-14(2)16-10-26(23-11-22(12-23,13-23)20(28)29-4)19(27)9-21(16,3)15-6-7-17(24)18(25)8-15/h6-8,10,14H,5,9,11-13H2,1-4H3/t14-,21-,22?,23?/m0/s1. The van der Waals surface area contributed by atoms with E-state index in [9.17, 15) is 9.59 Å². The van der Waals surface area contributed by atoms with Gasteiger partial charge in [-0.3, -0.25) is 9.59 Å². The van der Waals surface area contributed by atoms with E-state index in [1.165, 1.54) is 12.7 Å². The molecule has 1 aromatic carbocycles. The van der Waals surface area contributed by atoms with E-state index in [4.69, 9.17) is 16.3 Å². The Morgan fingerprint density at radius 2 is 2.00 bits per heavy atom. The summed E-state index contributed by atoms with van der Waals surface area (Å²) < 4.78 is 5.82. The number of allylic oxidation sites excluding steroid dienone is 1. The smallest absolute Gasteiger partial charge is 0.312 e. The van der Waals surface area contributed by atoms with Crippen LogP contribution in [0, 0.1) is 11.3 Å². The van der Waals surface area contributed by atoms with E-state index in [2.05, 4.69) is 49.0 Å². The highest BCUT2D eigenvalue weighted by Gasteiger charge is 2.75. The molecule has 0 N–H and O–H groups in total. The van der Waals surface area contributed by atoms with Crippen molar-refractivity contribution in [3.8, 4) is 0 Å². The minimum atomic E-state index is -0.392. The Balaban J connectivity index is 1.70. The molecule has 2 atom stereocenters. The molecule has 6 heteroatoms. The lowest BCUT2D eigenvalue weighted by molar-refractivity contribution is -0.226. The van der Waals surface area contributed by atoms with Gasteiger partial charge in [-0.25, -0.2) is 0 Å². The van der Waals surface area contributed by atoms with Crippen LogP contribution in [0.25, 0.3) is 0 Å². The molecule has 0 spiro atoms. The summed E-state index contributed by atoms with van der Waals surface area (Å²) in [6.45, 7) is 6.54. The Bertz CT molecular complexity index is 907. The van der Waals surface area contributed by atoms with Gasteiger partial charge in [0.05, 0.1) is 23.1 Å². The Kier molecular flexibility index (Phi) is 4.94. The summed E-state index contributed by atoms with van der Waals surface area (Å²) in [5.41, 5.74) is 1.36. The number of esters is 1. The fraction of sp³-hybridized carbons (Fsp3) is 0.565. The van der Waals surface area contributed by atoms with Crippen LogP contribution in [0.4, 0.5) is 0 Å². The van der Waals surface area contributed by atoms with Crippen molar-refractivity contribution in [2.45, 2.75) is 63.8 Å². The van der Waals surface area contributed by atoms with Gasteiger partial charge in [-0.05, 0) is 70.8 Å². The van der Waals surface area contributed by atoms with E-state index >= 15 is 0 Å². The highest BCUT2D eigenvalue weighted by atomic mass is 79.9. The van der Waals surface area contributed by atoms with Gasteiger partial charge in [-0.2, -0.15) is 0 Å². The highest BCUT2D eigenvalue weighted by molar-refractivity contribution is 9.10. The minimum Gasteiger partial charge on any atom is -0.469 e. The third-order valence-corrected chi connectivity index (χ3v) is 8.74. The number of hydrogen-bond donors (Lipinski definition) is 0. The lowest BCUT2D eigenvalue weighted by atomic mass is 9.38. The monoisotopic (exact) mass is 479 g/mol. The fourth-order valence-corrected chi connectivity index (χ4v) is 6.09. The van der Waals surface area contributed by atoms with Crippen LogP contribution in [-0.2, 0) is 19.7 Å². The molecule has 5 rings (SSSR count).